The SMILES string of the molecule is C=[C-]C.[Cl-].[Cl-].[Zr+2].c1cc[cH-]c1.c1cc[cH-]c1. The average molecular weight is 333 g/mol. The Balaban J connectivity index is -0.0000000638. The van der Waals surface area contributed by atoms with E-state index >= 15 is 0 Å². The molecule has 0 unspecified atom stereocenters. The van der Waals surface area contributed by atoms with Gasteiger partial charge in [0.15, 0.2) is 0 Å². The molecule has 0 amide bonds. The van der Waals surface area contributed by atoms with Gasteiger partial charge in [0, 0.05) is 0 Å². The Morgan fingerprint density at radius 2 is 1.00 bits per heavy atom. The molecule has 2 rings (SSSR count). The van der Waals surface area contributed by atoms with Crippen molar-refractivity contribution in [2.75, 3.05) is 0 Å². The predicted molar refractivity (Wildman–Crippen MR) is 58.6 cm³/mol. The van der Waals surface area contributed by atoms with Crippen LogP contribution in [0.1, 0.15) is 6.92 Å². The first-order valence-electron chi connectivity index (χ1n) is 4.19. The van der Waals surface area contributed by atoms with Crippen LogP contribution < -0.4 is 24.8 Å². The van der Waals surface area contributed by atoms with Gasteiger partial charge in [-0.1, -0.05) is 0 Å². The topological polar surface area (TPSA) is 0 Å². The molecule has 0 aliphatic carbocycles. The number of hydrogen-bond donors (Lipinski definition) is 0. The molecule has 0 bridgehead atoms. The Bertz CT molecular complexity index is 189. The molecule has 2 aromatic carbocycles. The monoisotopic (exact) mass is 331 g/mol. The Morgan fingerprint density at radius 3 is 1.06 bits per heavy atom. The normalized spacial score (nSPS) is 5.81. The summed E-state index contributed by atoms with van der Waals surface area (Å²) in [6.07, 6.45) is 2.50. The van der Waals surface area contributed by atoms with Crippen LogP contribution in [0.15, 0.2) is 67.2 Å². The second kappa shape index (κ2) is 24.2. The molecule has 0 fully saturated rings. The molecule has 0 radical (unpaired) electrons. The molecule has 16 heavy (non-hydrogen) atoms. The van der Waals surface area contributed by atoms with Crippen molar-refractivity contribution in [2.24, 2.45) is 0 Å². The standard InChI is InChI=1S/2C5H5.C3H5.2ClH.Zr/c2*1-2-4-5-3-1;1-3-2;;;/h2*1-5H;1H2,2H3;2*1H;/q3*-1;;;+2/p-2. The molecule has 0 aromatic heterocycles. The molecule has 88 valence electrons. The number of halogens is 2. The summed E-state index contributed by atoms with van der Waals surface area (Å²) >= 11 is 0. The minimum absolute atomic E-state index is 0. The largest absolute Gasteiger partial charge is 2.00 e. The van der Waals surface area contributed by atoms with Crippen molar-refractivity contribution in [3.05, 3.63) is 73.3 Å². The fraction of sp³-hybridized carbons (Fsp3) is 0.0769. The maximum Gasteiger partial charge on any atom is 2.00 e. The minimum atomic E-state index is 0. The summed E-state index contributed by atoms with van der Waals surface area (Å²) in [5.74, 6) is 0. The molecule has 0 heterocycles. The summed E-state index contributed by atoms with van der Waals surface area (Å²) in [5, 5.41) is 0. The Kier molecular flexibility index (Phi) is 37.8. The van der Waals surface area contributed by atoms with Crippen molar-refractivity contribution in [3.8, 4) is 0 Å². The van der Waals surface area contributed by atoms with Gasteiger partial charge in [-0.2, -0.15) is 43.3 Å². The second-order valence-electron chi connectivity index (χ2n) is 2.28. The van der Waals surface area contributed by atoms with E-state index in [1.807, 2.05) is 60.7 Å². The molecule has 2 aromatic rings. The fourth-order valence-corrected chi connectivity index (χ4v) is 0.642. The first kappa shape index (κ1) is 24.9. The van der Waals surface area contributed by atoms with Crippen LogP contribution in [0.25, 0.3) is 0 Å². The van der Waals surface area contributed by atoms with Gasteiger partial charge in [0.1, 0.15) is 0 Å². The zero-order chi connectivity index (χ0) is 9.78. The molecule has 0 spiro atoms. The molecule has 3 heteroatoms. The van der Waals surface area contributed by atoms with Gasteiger partial charge in [-0.3, -0.25) is 6.58 Å². The molecule has 0 saturated carbocycles. The number of allylic oxidation sites excluding steroid dienone is 1. The summed E-state index contributed by atoms with van der Waals surface area (Å²) in [4.78, 5) is 0. The third kappa shape index (κ3) is 23.6. The van der Waals surface area contributed by atoms with E-state index in [2.05, 4.69) is 12.7 Å². The van der Waals surface area contributed by atoms with Gasteiger partial charge in [0.25, 0.3) is 0 Å². The second-order valence-corrected chi connectivity index (χ2v) is 2.28. The van der Waals surface area contributed by atoms with Crippen LogP contribution in [0.3, 0.4) is 0 Å². The van der Waals surface area contributed by atoms with E-state index in [0.717, 1.165) is 0 Å². The number of hydrogen-bond acceptors (Lipinski definition) is 0. The molecule has 0 saturated heterocycles. The van der Waals surface area contributed by atoms with Crippen LogP contribution in [-0.4, -0.2) is 0 Å². The number of rotatable bonds is 0. The van der Waals surface area contributed by atoms with Crippen LogP contribution in [0.2, 0.25) is 0 Å². The Labute approximate surface area is 130 Å². The van der Waals surface area contributed by atoms with E-state index in [1.165, 1.54) is 0 Å². The minimum Gasteiger partial charge on any atom is -1.00 e. The third-order valence-electron chi connectivity index (χ3n) is 1.11. The van der Waals surface area contributed by atoms with Gasteiger partial charge in [0.2, 0.25) is 0 Å². The van der Waals surface area contributed by atoms with Crippen LogP contribution in [-0.2, 0) is 26.2 Å². The van der Waals surface area contributed by atoms with Gasteiger partial charge in [-0.05, 0) is 0 Å². The first-order chi connectivity index (χ1) is 6.41. The third-order valence-corrected chi connectivity index (χ3v) is 1.11. The van der Waals surface area contributed by atoms with Gasteiger partial charge in [-0.25, -0.2) is 24.3 Å². The summed E-state index contributed by atoms with van der Waals surface area (Å²) in [7, 11) is 0. The van der Waals surface area contributed by atoms with Gasteiger partial charge < -0.3 is 30.9 Å². The summed E-state index contributed by atoms with van der Waals surface area (Å²) in [5.41, 5.74) is 0. The Morgan fingerprint density at radius 1 is 0.812 bits per heavy atom. The summed E-state index contributed by atoms with van der Waals surface area (Å²) in [6, 6.07) is 20.0. The summed E-state index contributed by atoms with van der Waals surface area (Å²) < 4.78 is 0. The van der Waals surface area contributed by atoms with E-state index in [4.69, 9.17) is 0 Å². The molecule has 0 atom stereocenters. The average Bonchev–Trinajstić information content (AvgIpc) is 2.85. The predicted octanol–water partition coefficient (Wildman–Crippen LogP) is -2.19. The Hall–Kier alpha value is -0.0969. The van der Waals surface area contributed by atoms with Crippen molar-refractivity contribution >= 4 is 0 Å². The van der Waals surface area contributed by atoms with Crippen LogP contribution in [0.5, 0.6) is 0 Å². The zero-order valence-electron chi connectivity index (χ0n) is 9.24. The van der Waals surface area contributed by atoms with Crippen LogP contribution in [0, 0.1) is 6.08 Å². The van der Waals surface area contributed by atoms with E-state index < -0.39 is 0 Å². The summed E-state index contributed by atoms with van der Waals surface area (Å²) in [6.45, 7) is 5.00. The zero-order valence-corrected chi connectivity index (χ0v) is 13.2. The van der Waals surface area contributed by atoms with E-state index in [-0.39, 0.29) is 51.0 Å². The quantitative estimate of drug-likeness (QED) is 0.481. The fourth-order valence-electron chi connectivity index (χ4n) is 0.642. The van der Waals surface area contributed by atoms with Gasteiger partial charge in [0.05, 0.1) is 0 Å². The molecular formula is C13H15Cl2Zr-3. The molecular weight excluding hydrogens is 318 g/mol. The van der Waals surface area contributed by atoms with E-state index in [0.29, 0.717) is 0 Å². The maximum absolute atomic E-state index is 3.24. The molecule has 0 N–H and O–H groups in total. The van der Waals surface area contributed by atoms with Crippen molar-refractivity contribution < 1.29 is 51.0 Å². The molecule has 0 aliphatic rings. The maximum atomic E-state index is 3.24. The van der Waals surface area contributed by atoms with Crippen molar-refractivity contribution in [1.82, 2.24) is 0 Å². The van der Waals surface area contributed by atoms with Crippen molar-refractivity contribution in [2.45, 2.75) is 6.92 Å². The smallest absolute Gasteiger partial charge is 1.00 e. The van der Waals surface area contributed by atoms with Crippen LogP contribution in [0.4, 0.5) is 0 Å². The first-order valence-corrected chi connectivity index (χ1v) is 4.19. The van der Waals surface area contributed by atoms with Gasteiger partial charge in [-0.15, -0.1) is 0 Å². The molecule has 0 nitrogen and oxygen atoms in total. The van der Waals surface area contributed by atoms with Gasteiger partial charge >= 0.3 is 26.2 Å². The molecule has 0 aliphatic heterocycles. The van der Waals surface area contributed by atoms with Crippen LogP contribution >= 0.6 is 0 Å². The van der Waals surface area contributed by atoms with Crippen molar-refractivity contribution in [3.63, 3.8) is 0 Å². The van der Waals surface area contributed by atoms with Crippen molar-refractivity contribution in [1.29, 1.82) is 0 Å². The van der Waals surface area contributed by atoms with E-state index in [9.17, 15) is 0 Å². The van der Waals surface area contributed by atoms with E-state index in [1.54, 1.807) is 6.92 Å².